The second-order valence-electron chi connectivity index (χ2n) is 9.16. The zero-order chi connectivity index (χ0) is 25.5. The molecule has 0 aliphatic carbocycles. The molecule has 1 aliphatic rings. The number of aryl methyl sites for hydroxylation is 1. The first-order valence-electron chi connectivity index (χ1n) is 12.4. The number of hydrogen-bond acceptors (Lipinski definition) is 4. The van der Waals surface area contributed by atoms with Crippen LogP contribution in [0.15, 0.2) is 48.5 Å². The fourth-order valence-corrected chi connectivity index (χ4v) is 4.34. The highest BCUT2D eigenvalue weighted by Gasteiger charge is 2.35. The Labute approximate surface area is 207 Å². The van der Waals surface area contributed by atoms with Crippen LogP contribution in [-0.4, -0.2) is 52.1 Å². The number of benzene rings is 2. The van der Waals surface area contributed by atoms with Crippen LogP contribution in [0.3, 0.4) is 0 Å². The van der Waals surface area contributed by atoms with Gasteiger partial charge in [-0.05, 0) is 50.8 Å². The first-order chi connectivity index (χ1) is 16.8. The molecule has 0 spiro atoms. The molecule has 7 heteroatoms. The molecule has 1 aliphatic heterocycles. The van der Waals surface area contributed by atoms with Gasteiger partial charge in [0.2, 0.25) is 11.8 Å². The van der Waals surface area contributed by atoms with Gasteiger partial charge in [0.1, 0.15) is 6.04 Å². The number of fused-ring (bicyclic) bond motifs is 1. The van der Waals surface area contributed by atoms with Crippen molar-refractivity contribution in [3.63, 3.8) is 0 Å². The van der Waals surface area contributed by atoms with E-state index >= 15 is 0 Å². The normalized spacial score (nSPS) is 14.5. The van der Waals surface area contributed by atoms with Crippen molar-refractivity contribution in [3.05, 3.63) is 70.8 Å². The van der Waals surface area contributed by atoms with Gasteiger partial charge >= 0.3 is 0 Å². The van der Waals surface area contributed by atoms with Crippen molar-refractivity contribution < 1.29 is 19.2 Å². The van der Waals surface area contributed by atoms with Crippen molar-refractivity contribution in [2.75, 3.05) is 6.54 Å². The number of hydrogen-bond donors (Lipinski definition) is 1. The second kappa shape index (κ2) is 11.8. The Morgan fingerprint density at radius 1 is 0.971 bits per heavy atom. The van der Waals surface area contributed by atoms with Crippen molar-refractivity contribution >= 4 is 23.6 Å². The van der Waals surface area contributed by atoms with Gasteiger partial charge in [-0.1, -0.05) is 55.8 Å². The van der Waals surface area contributed by atoms with Gasteiger partial charge in [0.05, 0.1) is 11.1 Å². The molecule has 0 bridgehead atoms. The third-order valence-electron chi connectivity index (χ3n) is 6.47. The molecular formula is C28H35N3O4. The lowest BCUT2D eigenvalue weighted by molar-refractivity contribution is -0.141. The van der Waals surface area contributed by atoms with E-state index in [0.29, 0.717) is 30.5 Å². The molecule has 0 saturated heterocycles. The van der Waals surface area contributed by atoms with Crippen molar-refractivity contribution in [1.82, 2.24) is 15.1 Å². The third kappa shape index (κ3) is 6.15. The van der Waals surface area contributed by atoms with E-state index in [4.69, 9.17) is 0 Å². The number of rotatable bonds is 11. The SMILES string of the molecule is CCC(C)NC(=O)C(CC)N(Cc1cccc(C)c1)C(=O)CCCN1C(=O)c2ccccc2C1=O. The molecule has 0 aromatic heterocycles. The summed E-state index contributed by atoms with van der Waals surface area (Å²) >= 11 is 0. The maximum absolute atomic E-state index is 13.4. The second-order valence-corrected chi connectivity index (χ2v) is 9.16. The molecule has 0 saturated carbocycles. The average Bonchev–Trinajstić information content (AvgIpc) is 3.08. The van der Waals surface area contributed by atoms with E-state index in [1.165, 1.54) is 4.90 Å². The molecule has 4 amide bonds. The van der Waals surface area contributed by atoms with Crippen molar-refractivity contribution in [2.45, 2.75) is 72.0 Å². The molecule has 35 heavy (non-hydrogen) atoms. The fraction of sp³-hybridized carbons (Fsp3) is 0.429. The summed E-state index contributed by atoms with van der Waals surface area (Å²) in [5.41, 5.74) is 2.83. The van der Waals surface area contributed by atoms with Gasteiger partial charge in [-0.25, -0.2) is 0 Å². The van der Waals surface area contributed by atoms with Crippen LogP contribution < -0.4 is 5.32 Å². The number of carbonyl (C=O) groups excluding carboxylic acids is 4. The monoisotopic (exact) mass is 477 g/mol. The van der Waals surface area contributed by atoms with Crippen molar-refractivity contribution in [3.8, 4) is 0 Å². The zero-order valence-electron chi connectivity index (χ0n) is 21.0. The number of nitrogens with zero attached hydrogens (tertiary/aromatic N) is 2. The largest absolute Gasteiger partial charge is 0.352 e. The molecule has 3 rings (SSSR count). The smallest absolute Gasteiger partial charge is 0.261 e. The molecule has 2 aromatic rings. The van der Waals surface area contributed by atoms with Crippen LogP contribution in [0.5, 0.6) is 0 Å². The predicted octanol–water partition coefficient (Wildman–Crippen LogP) is 4.09. The first-order valence-corrected chi connectivity index (χ1v) is 12.4. The Bertz CT molecular complexity index is 1060. The van der Waals surface area contributed by atoms with E-state index in [2.05, 4.69) is 5.32 Å². The third-order valence-corrected chi connectivity index (χ3v) is 6.47. The Morgan fingerprint density at radius 3 is 2.20 bits per heavy atom. The van der Waals surface area contributed by atoms with Gasteiger partial charge in [0, 0.05) is 25.6 Å². The van der Waals surface area contributed by atoms with Crippen molar-refractivity contribution in [1.29, 1.82) is 0 Å². The summed E-state index contributed by atoms with van der Waals surface area (Å²) in [6.45, 7) is 8.31. The summed E-state index contributed by atoms with van der Waals surface area (Å²) in [5.74, 6) is -0.986. The summed E-state index contributed by atoms with van der Waals surface area (Å²) in [6, 6.07) is 14.1. The summed E-state index contributed by atoms with van der Waals surface area (Å²) in [5, 5.41) is 3.01. The molecule has 0 radical (unpaired) electrons. The summed E-state index contributed by atoms with van der Waals surface area (Å²) in [7, 11) is 0. The molecule has 2 unspecified atom stereocenters. The highest BCUT2D eigenvalue weighted by atomic mass is 16.2. The van der Waals surface area contributed by atoms with E-state index in [-0.39, 0.29) is 42.6 Å². The van der Waals surface area contributed by atoms with Gasteiger partial charge < -0.3 is 10.2 Å². The lowest BCUT2D eigenvalue weighted by Gasteiger charge is -2.31. The van der Waals surface area contributed by atoms with E-state index in [9.17, 15) is 19.2 Å². The van der Waals surface area contributed by atoms with Crippen LogP contribution in [0.1, 0.15) is 78.3 Å². The van der Waals surface area contributed by atoms with Gasteiger partial charge in [0.25, 0.3) is 11.8 Å². The quantitative estimate of drug-likeness (QED) is 0.494. The van der Waals surface area contributed by atoms with E-state index in [1.807, 2.05) is 52.0 Å². The van der Waals surface area contributed by atoms with Crippen LogP contribution in [0.25, 0.3) is 0 Å². The molecule has 2 atom stereocenters. The molecule has 186 valence electrons. The van der Waals surface area contributed by atoms with E-state index in [1.54, 1.807) is 29.2 Å². The Morgan fingerprint density at radius 2 is 1.63 bits per heavy atom. The molecule has 2 aromatic carbocycles. The molecule has 0 fully saturated rings. The number of amides is 4. The molecule has 1 heterocycles. The maximum atomic E-state index is 13.4. The van der Waals surface area contributed by atoms with Crippen LogP contribution in [0.2, 0.25) is 0 Å². The number of nitrogens with one attached hydrogen (secondary N) is 1. The first kappa shape index (κ1) is 26.1. The molecular weight excluding hydrogens is 442 g/mol. The van der Waals surface area contributed by atoms with Crippen LogP contribution in [-0.2, 0) is 16.1 Å². The molecule has 7 nitrogen and oxygen atoms in total. The van der Waals surface area contributed by atoms with Gasteiger partial charge in [-0.2, -0.15) is 0 Å². The highest BCUT2D eigenvalue weighted by Crippen LogP contribution is 2.23. The number of imide groups is 1. The fourth-order valence-electron chi connectivity index (χ4n) is 4.34. The van der Waals surface area contributed by atoms with Crippen LogP contribution in [0.4, 0.5) is 0 Å². The minimum Gasteiger partial charge on any atom is -0.352 e. The van der Waals surface area contributed by atoms with Gasteiger partial charge in [-0.15, -0.1) is 0 Å². The highest BCUT2D eigenvalue weighted by molar-refractivity contribution is 6.21. The summed E-state index contributed by atoms with van der Waals surface area (Å²) in [4.78, 5) is 54.5. The Kier molecular flexibility index (Phi) is 8.79. The summed E-state index contributed by atoms with van der Waals surface area (Å²) in [6.07, 6.45) is 1.75. The lowest BCUT2D eigenvalue weighted by atomic mass is 10.1. The molecule has 1 N–H and O–H groups in total. The van der Waals surface area contributed by atoms with Gasteiger partial charge in [0.15, 0.2) is 0 Å². The zero-order valence-corrected chi connectivity index (χ0v) is 21.0. The van der Waals surface area contributed by atoms with Crippen LogP contribution >= 0.6 is 0 Å². The Hall–Kier alpha value is -3.48. The standard InChI is InChI=1S/C28H35N3O4/c1-5-20(4)29-26(33)24(6-2)31(18-21-12-9-11-19(3)17-21)25(32)15-10-16-30-27(34)22-13-7-8-14-23(22)28(30)35/h7-9,11-14,17,20,24H,5-6,10,15-16,18H2,1-4H3,(H,29,33). The Balaban J connectivity index is 1.71. The maximum Gasteiger partial charge on any atom is 0.261 e. The van der Waals surface area contributed by atoms with Crippen LogP contribution in [0, 0.1) is 6.92 Å². The summed E-state index contributed by atoms with van der Waals surface area (Å²) < 4.78 is 0. The topological polar surface area (TPSA) is 86.8 Å². The minimum absolute atomic E-state index is 0.0151. The minimum atomic E-state index is -0.601. The average molecular weight is 478 g/mol. The lowest BCUT2D eigenvalue weighted by Crippen LogP contribution is -2.50. The van der Waals surface area contributed by atoms with Gasteiger partial charge in [-0.3, -0.25) is 24.1 Å². The van der Waals surface area contributed by atoms with E-state index < -0.39 is 6.04 Å². The van der Waals surface area contributed by atoms with Crippen molar-refractivity contribution in [2.24, 2.45) is 0 Å². The van der Waals surface area contributed by atoms with E-state index in [0.717, 1.165) is 17.5 Å². The number of carbonyl (C=O) groups is 4. The predicted molar refractivity (Wildman–Crippen MR) is 135 cm³/mol.